The van der Waals surface area contributed by atoms with Crippen molar-refractivity contribution in [3.63, 3.8) is 0 Å². The Morgan fingerprint density at radius 3 is 1.43 bits per heavy atom. The number of hydrogen-bond acceptors (Lipinski definition) is 0. The lowest BCUT2D eigenvalue weighted by Crippen LogP contribution is -1.91. The van der Waals surface area contributed by atoms with Crippen molar-refractivity contribution in [1.29, 1.82) is 0 Å². The predicted molar refractivity (Wildman–Crippen MR) is 120 cm³/mol. The second-order valence-electron chi connectivity index (χ2n) is 6.99. The first-order valence-electron chi connectivity index (χ1n) is 9.64. The van der Waals surface area contributed by atoms with Crippen LogP contribution in [0.4, 0.5) is 0 Å². The van der Waals surface area contributed by atoms with Gasteiger partial charge in [-0.25, -0.2) is 0 Å². The van der Waals surface area contributed by atoms with Crippen molar-refractivity contribution in [3.05, 3.63) is 121 Å². The summed E-state index contributed by atoms with van der Waals surface area (Å²) >= 11 is 0. The molecule has 0 nitrogen and oxygen atoms in total. The Hall–Kier alpha value is -3.64. The Labute approximate surface area is 165 Å². The zero-order valence-electron chi connectivity index (χ0n) is 15.5. The minimum atomic E-state index is 1.24. The van der Waals surface area contributed by atoms with Gasteiger partial charge in [0.25, 0.3) is 0 Å². The van der Waals surface area contributed by atoms with E-state index in [-0.39, 0.29) is 0 Å². The second kappa shape index (κ2) is 7.17. The van der Waals surface area contributed by atoms with Crippen LogP contribution < -0.4 is 0 Å². The van der Waals surface area contributed by atoms with Crippen molar-refractivity contribution < 1.29 is 0 Å². The molecule has 0 unspecified atom stereocenters. The molecule has 0 aliphatic carbocycles. The molecule has 0 saturated heterocycles. The number of fused-ring (bicyclic) bond motifs is 1. The van der Waals surface area contributed by atoms with Gasteiger partial charge >= 0.3 is 0 Å². The summed E-state index contributed by atoms with van der Waals surface area (Å²) in [7, 11) is 0. The van der Waals surface area contributed by atoms with Crippen molar-refractivity contribution in [1.82, 2.24) is 0 Å². The molecule has 0 atom stereocenters. The predicted octanol–water partition coefficient (Wildman–Crippen LogP) is 7.84. The third kappa shape index (κ3) is 2.90. The molecule has 0 aliphatic rings. The van der Waals surface area contributed by atoms with Crippen LogP contribution in [0.3, 0.4) is 0 Å². The van der Waals surface area contributed by atoms with E-state index in [1.807, 2.05) is 0 Å². The standard InChI is InChI=1S/C28H20/c1-3-11-22(12-4-1)25-18-10-19-26(23-13-5-2-6-14-23)28(25)27-20-9-16-21-15-7-8-17-24(21)27/h1-20H. The molecule has 0 saturated carbocycles. The molecule has 0 heteroatoms. The fraction of sp³-hybridized carbons (Fsp3) is 0. The third-order valence-electron chi connectivity index (χ3n) is 5.29. The fourth-order valence-corrected chi connectivity index (χ4v) is 4.00. The molecule has 5 aromatic rings. The number of hydrogen-bond donors (Lipinski definition) is 0. The highest BCUT2D eigenvalue weighted by atomic mass is 14.2. The van der Waals surface area contributed by atoms with Crippen LogP contribution in [-0.4, -0.2) is 0 Å². The van der Waals surface area contributed by atoms with E-state index in [4.69, 9.17) is 0 Å². The van der Waals surface area contributed by atoms with E-state index in [1.54, 1.807) is 0 Å². The Kier molecular flexibility index (Phi) is 4.23. The van der Waals surface area contributed by atoms with Gasteiger partial charge in [-0.1, -0.05) is 121 Å². The lowest BCUT2D eigenvalue weighted by atomic mass is 9.86. The Balaban J connectivity index is 1.89. The molecule has 0 N–H and O–H groups in total. The first-order chi connectivity index (χ1) is 13.9. The van der Waals surface area contributed by atoms with Gasteiger partial charge in [-0.2, -0.15) is 0 Å². The summed E-state index contributed by atoms with van der Waals surface area (Å²) in [6.45, 7) is 0. The van der Waals surface area contributed by atoms with Gasteiger partial charge < -0.3 is 0 Å². The summed E-state index contributed by atoms with van der Waals surface area (Å²) in [6.07, 6.45) is 0. The Morgan fingerprint density at radius 2 is 0.786 bits per heavy atom. The molecule has 0 radical (unpaired) electrons. The highest BCUT2D eigenvalue weighted by molar-refractivity contribution is 6.05. The molecule has 5 rings (SSSR count). The molecule has 0 amide bonds. The zero-order chi connectivity index (χ0) is 18.8. The topological polar surface area (TPSA) is 0 Å². The summed E-state index contributed by atoms with van der Waals surface area (Å²) < 4.78 is 0. The molecule has 0 heterocycles. The molecule has 0 spiro atoms. The average molecular weight is 356 g/mol. The van der Waals surface area contributed by atoms with Gasteiger partial charge in [-0.15, -0.1) is 0 Å². The highest BCUT2D eigenvalue weighted by Gasteiger charge is 2.15. The highest BCUT2D eigenvalue weighted by Crippen LogP contribution is 2.42. The third-order valence-corrected chi connectivity index (χ3v) is 5.29. The van der Waals surface area contributed by atoms with Gasteiger partial charge in [-0.05, 0) is 44.2 Å². The van der Waals surface area contributed by atoms with Crippen molar-refractivity contribution in [2.45, 2.75) is 0 Å². The lowest BCUT2D eigenvalue weighted by Gasteiger charge is -2.18. The lowest BCUT2D eigenvalue weighted by molar-refractivity contribution is 1.57. The molecule has 0 aliphatic heterocycles. The van der Waals surface area contributed by atoms with E-state index in [1.165, 1.54) is 44.2 Å². The second-order valence-corrected chi connectivity index (χ2v) is 6.99. The minimum Gasteiger partial charge on any atom is -0.0622 e. The van der Waals surface area contributed by atoms with Crippen molar-refractivity contribution in [2.24, 2.45) is 0 Å². The quantitative estimate of drug-likeness (QED) is 0.309. The zero-order valence-corrected chi connectivity index (χ0v) is 15.5. The van der Waals surface area contributed by atoms with Gasteiger partial charge in [0.05, 0.1) is 0 Å². The largest absolute Gasteiger partial charge is 0.0622 e. The van der Waals surface area contributed by atoms with E-state index < -0.39 is 0 Å². The van der Waals surface area contributed by atoms with Gasteiger partial charge in [0.1, 0.15) is 0 Å². The molecule has 0 bridgehead atoms. The number of benzene rings is 5. The first-order valence-corrected chi connectivity index (χ1v) is 9.64. The Bertz CT molecular complexity index is 1170. The molecule has 0 aromatic heterocycles. The minimum absolute atomic E-state index is 1.24. The van der Waals surface area contributed by atoms with Crippen LogP contribution in [0.2, 0.25) is 0 Å². The van der Waals surface area contributed by atoms with Gasteiger partial charge in [0.15, 0.2) is 0 Å². The summed E-state index contributed by atoms with van der Waals surface area (Å²) in [4.78, 5) is 0. The van der Waals surface area contributed by atoms with Crippen LogP contribution in [0.15, 0.2) is 121 Å². The summed E-state index contributed by atoms with van der Waals surface area (Å²) in [5.74, 6) is 0. The maximum atomic E-state index is 2.25. The van der Waals surface area contributed by atoms with Crippen LogP contribution in [0, 0.1) is 0 Å². The van der Waals surface area contributed by atoms with Crippen LogP contribution in [-0.2, 0) is 0 Å². The Morgan fingerprint density at radius 1 is 0.321 bits per heavy atom. The molecular weight excluding hydrogens is 336 g/mol. The molecule has 28 heavy (non-hydrogen) atoms. The first kappa shape index (κ1) is 16.5. The van der Waals surface area contributed by atoms with E-state index in [0.29, 0.717) is 0 Å². The van der Waals surface area contributed by atoms with Crippen molar-refractivity contribution in [2.75, 3.05) is 0 Å². The van der Waals surface area contributed by atoms with Gasteiger partial charge in [0, 0.05) is 0 Å². The van der Waals surface area contributed by atoms with E-state index in [0.717, 1.165) is 0 Å². The molecular formula is C28H20. The molecule has 0 fully saturated rings. The monoisotopic (exact) mass is 356 g/mol. The number of rotatable bonds is 3. The summed E-state index contributed by atoms with van der Waals surface area (Å²) in [5, 5.41) is 2.55. The fourth-order valence-electron chi connectivity index (χ4n) is 4.00. The molecule has 132 valence electrons. The maximum absolute atomic E-state index is 2.25. The SMILES string of the molecule is c1ccc(-c2cccc(-c3ccccc3)c2-c2cccc3ccccc23)cc1. The summed E-state index contributed by atoms with van der Waals surface area (Å²) in [5.41, 5.74) is 7.57. The van der Waals surface area contributed by atoms with Crippen LogP contribution in [0.25, 0.3) is 44.2 Å². The normalized spacial score (nSPS) is 10.9. The van der Waals surface area contributed by atoms with E-state index >= 15 is 0 Å². The van der Waals surface area contributed by atoms with Gasteiger partial charge in [-0.3, -0.25) is 0 Å². The maximum Gasteiger partial charge on any atom is -0.00206 e. The van der Waals surface area contributed by atoms with Crippen molar-refractivity contribution >= 4 is 10.8 Å². The van der Waals surface area contributed by atoms with Crippen LogP contribution in [0.5, 0.6) is 0 Å². The van der Waals surface area contributed by atoms with E-state index in [9.17, 15) is 0 Å². The van der Waals surface area contributed by atoms with Crippen molar-refractivity contribution in [3.8, 4) is 33.4 Å². The average Bonchev–Trinajstić information content (AvgIpc) is 2.79. The molecule has 5 aromatic carbocycles. The van der Waals surface area contributed by atoms with Gasteiger partial charge in [0.2, 0.25) is 0 Å². The van der Waals surface area contributed by atoms with Crippen LogP contribution >= 0.6 is 0 Å². The van der Waals surface area contributed by atoms with Crippen LogP contribution in [0.1, 0.15) is 0 Å². The summed E-state index contributed by atoms with van der Waals surface area (Å²) in [6, 6.07) is 43.2. The van der Waals surface area contributed by atoms with E-state index in [2.05, 4.69) is 121 Å². The smallest absolute Gasteiger partial charge is 0.00206 e.